The Bertz CT molecular complexity index is 1310. The van der Waals surface area contributed by atoms with E-state index in [1.54, 1.807) is 35.8 Å². The number of hydrogen-bond donors (Lipinski definition) is 1. The minimum Gasteiger partial charge on any atom is -0.325 e. The highest BCUT2D eigenvalue weighted by molar-refractivity contribution is 7.99. The predicted molar refractivity (Wildman–Crippen MR) is 124 cm³/mol. The number of nitro groups is 1. The molecule has 0 aliphatic heterocycles. The summed E-state index contributed by atoms with van der Waals surface area (Å²) in [5.41, 5.74) is 2.26. The van der Waals surface area contributed by atoms with Crippen molar-refractivity contribution in [1.29, 1.82) is 0 Å². The van der Waals surface area contributed by atoms with Gasteiger partial charge in [-0.3, -0.25) is 19.5 Å². The minimum absolute atomic E-state index is 0.00998. The van der Waals surface area contributed by atoms with Crippen molar-refractivity contribution < 1.29 is 14.1 Å². The largest absolute Gasteiger partial charge is 0.325 e. The molecule has 0 radical (unpaired) electrons. The highest BCUT2D eigenvalue weighted by Gasteiger charge is 2.18. The number of nitrogens with zero attached hydrogens (tertiary/aromatic N) is 4. The number of rotatable bonds is 7. The minimum atomic E-state index is -0.487. The molecule has 1 amide bonds. The van der Waals surface area contributed by atoms with Gasteiger partial charge >= 0.3 is 0 Å². The van der Waals surface area contributed by atoms with Crippen molar-refractivity contribution >= 4 is 29.0 Å². The van der Waals surface area contributed by atoms with Gasteiger partial charge in [-0.1, -0.05) is 36.0 Å². The Hall–Kier alpha value is -4.05. The van der Waals surface area contributed by atoms with Gasteiger partial charge in [0, 0.05) is 28.6 Å². The van der Waals surface area contributed by atoms with Gasteiger partial charge in [0.05, 0.1) is 10.7 Å². The molecule has 0 fully saturated rings. The molecule has 1 heterocycles. The first kappa shape index (κ1) is 22.2. The lowest BCUT2D eigenvalue weighted by atomic mass is 10.2. The van der Waals surface area contributed by atoms with E-state index in [1.165, 1.54) is 30.0 Å². The molecule has 8 nitrogen and oxygen atoms in total. The van der Waals surface area contributed by atoms with Gasteiger partial charge in [-0.15, -0.1) is 10.2 Å². The van der Waals surface area contributed by atoms with E-state index >= 15 is 0 Å². The molecule has 0 saturated heterocycles. The van der Waals surface area contributed by atoms with Gasteiger partial charge in [-0.25, -0.2) is 4.39 Å². The molecule has 0 atom stereocenters. The standard InChI is InChI=1S/C23H18FN5O3S/c1-15-7-12-18(13-20(15)29(31)32)25-21(30)14-33-23-27-26-22(16-8-10-17(24)11-9-16)28(23)19-5-3-2-4-6-19/h2-13H,14H2,1H3,(H,25,30). The molecule has 1 N–H and O–H groups in total. The van der Waals surface area contributed by atoms with Gasteiger partial charge in [0.15, 0.2) is 11.0 Å². The van der Waals surface area contributed by atoms with Gasteiger partial charge in [-0.05, 0) is 49.4 Å². The second kappa shape index (κ2) is 9.61. The molecule has 0 bridgehead atoms. The van der Waals surface area contributed by atoms with Crippen molar-refractivity contribution in [2.45, 2.75) is 12.1 Å². The van der Waals surface area contributed by atoms with Crippen LogP contribution < -0.4 is 5.32 Å². The van der Waals surface area contributed by atoms with E-state index in [0.29, 0.717) is 27.8 Å². The van der Waals surface area contributed by atoms with Gasteiger partial charge in [0.1, 0.15) is 5.82 Å². The highest BCUT2D eigenvalue weighted by atomic mass is 32.2. The Kier molecular flexibility index (Phi) is 6.45. The third-order valence-electron chi connectivity index (χ3n) is 4.77. The normalized spacial score (nSPS) is 10.7. The number of amides is 1. The van der Waals surface area contributed by atoms with Crippen molar-refractivity contribution in [3.05, 3.63) is 94.3 Å². The number of carbonyl (C=O) groups excluding carboxylic acids is 1. The van der Waals surface area contributed by atoms with E-state index in [2.05, 4.69) is 15.5 Å². The Morgan fingerprint density at radius 3 is 2.52 bits per heavy atom. The molecular weight excluding hydrogens is 445 g/mol. The number of hydrogen-bond acceptors (Lipinski definition) is 6. The summed E-state index contributed by atoms with van der Waals surface area (Å²) in [4.78, 5) is 23.2. The molecular formula is C23H18FN5O3S. The van der Waals surface area contributed by atoms with E-state index in [-0.39, 0.29) is 23.2 Å². The maximum Gasteiger partial charge on any atom is 0.274 e. The number of halogens is 1. The lowest BCUT2D eigenvalue weighted by molar-refractivity contribution is -0.385. The van der Waals surface area contributed by atoms with Crippen LogP contribution in [0.25, 0.3) is 17.1 Å². The molecule has 1 aromatic heterocycles. The van der Waals surface area contributed by atoms with E-state index < -0.39 is 4.92 Å². The highest BCUT2D eigenvalue weighted by Crippen LogP contribution is 2.28. The quantitative estimate of drug-likeness (QED) is 0.234. The van der Waals surface area contributed by atoms with Crippen LogP contribution in [0.15, 0.2) is 78.0 Å². The molecule has 0 spiro atoms. The average molecular weight is 463 g/mol. The predicted octanol–water partition coefficient (Wildman–Crippen LogP) is 5.02. The monoisotopic (exact) mass is 463 g/mol. The fourth-order valence-electron chi connectivity index (χ4n) is 3.17. The molecule has 0 aliphatic rings. The van der Waals surface area contributed by atoms with Crippen LogP contribution in [0.2, 0.25) is 0 Å². The summed E-state index contributed by atoms with van der Waals surface area (Å²) >= 11 is 1.17. The Labute approximate surface area is 192 Å². The zero-order valence-electron chi connectivity index (χ0n) is 17.4. The van der Waals surface area contributed by atoms with Crippen molar-refractivity contribution in [3.8, 4) is 17.1 Å². The summed E-state index contributed by atoms with van der Waals surface area (Å²) in [6.07, 6.45) is 0. The number of aromatic nitrogens is 3. The summed E-state index contributed by atoms with van der Waals surface area (Å²) < 4.78 is 15.2. The SMILES string of the molecule is Cc1ccc(NC(=O)CSc2nnc(-c3ccc(F)cc3)n2-c2ccccc2)cc1[N+](=O)[O-]. The maximum absolute atomic E-state index is 13.4. The summed E-state index contributed by atoms with van der Waals surface area (Å²) in [7, 11) is 0. The first-order valence-electron chi connectivity index (χ1n) is 9.87. The second-order valence-corrected chi connectivity index (χ2v) is 8.02. The molecule has 0 saturated carbocycles. The van der Waals surface area contributed by atoms with E-state index in [4.69, 9.17) is 0 Å². The molecule has 0 unspecified atom stereocenters. The number of nitro benzene ring substituents is 1. The van der Waals surface area contributed by atoms with Crippen LogP contribution in [0, 0.1) is 22.9 Å². The van der Waals surface area contributed by atoms with E-state index in [9.17, 15) is 19.3 Å². The third-order valence-corrected chi connectivity index (χ3v) is 5.70. The summed E-state index contributed by atoms with van der Waals surface area (Å²) in [5, 5.41) is 22.8. The number of thioether (sulfide) groups is 1. The third kappa shape index (κ3) is 5.07. The fraction of sp³-hybridized carbons (Fsp3) is 0.0870. The fourth-order valence-corrected chi connectivity index (χ4v) is 3.92. The zero-order valence-corrected chi connectivity index (χ0v) is 18.3. The summed E-state index contributed by atoms with van der Waals surface area (Å²) in [6.45, 7) is 1.63. The van der Waals surface area contributed by atoms with Crippen molar-refractivity contribution in [2.24, 2.45) is 0 Å². The molecule has 10 heteroatoms. The van der Waals surface area contributed by atoms with Crippen LogP contribution in [-0.4, -0.2) is 31.3 Å². The first-order chi connectivity index (χ1) is 15.9. The van der Waals surface area contributed by atoms with E-state index in [0.717, 1.165) is 5.69 Å². The number of carbonyl (C=O) groups is 1. The van der Waals surface area contributed by atoms with Crippen LogP contribution in [-0.2, 0) is 4.79 Å². The number of anilines is 1. The van der Waals surface area contributed by atoms with Crippen LogP contribution in [0.1, 0.15) is 5.56 Å². The number of nitrogens with one attached hydrogen (secondary N) is 1. The van der Waals surface area contributed by atoms with Crippen molar-refractivity contribution in [3.63, 3.8) is 0 Å². The molecule has 4 aromatic rings. The Balaban J connectivity index is 1.56. The Morgan fingerprint density at radius 1 is 1.09 bits per heavy atom. The van der Waals surface area contributed by atoms with Crippen molar-refractivity contribution in [1.82, 2.24) is 14.8 Å². The molecule has 3 aromatic carbocycles. The van der Waals surface area contributed by atoms with Gasteiger partial charge in [0.25, 0.3) is 5.69 Å². The lowest BCUT2D eigenvalue weighted by Crippen LogP contribution is -2.14. The van der Waals surface area contributed by atoms with Crippen LogP contribution >= 0.6 is 11.8 Å². The first-order valence-corrected chi connectivity index (χ1v) is 10.9. The average Bonchev–Trinajstić information content (AvgIpc) is 3.24. The smallest absolute Gasteiger partial charge is 0.274 e. The summed E-state index contributed by atoms with van der Waals surface area (Å²) in [5.74, 6) is -0.176. The van der Waals surface area contributed by atoms with Crippen LogP contribution in [0.4, 0.5) is 15.8 Å². The topological polar surface area (TPSA) is 103 Å². The second-order valence-electron chi connectivity index (χ2n) is 7.08. The maximum atomic E-state index is 13.4. The number of para-hydroxylation sites is 1. The molecule has 166 valence electrons. The van der Waals surface area contributed by atoms with Crippen LogP contribution in [0.3, 0.4) is 0 Å². The van der Waals surface area contributed by atoms with Gasteiger partial charge < -0.3 is 5.32 Å². The molecule has 4 rings (SSSR count). The van der Waals surface area contributed by atoms with Gasteiger partial charge in [0.2, 0.25) is 5.91 Å². The number of aryl methyl sites for hydroxylation is 1. The van der Waals surface area contributed by atoms with Crippen molar-refractivity contribution in [2.75, 3.05) is 11.1 Å². The van der Waals surface area contributed by atoms with E-state index in [1.807, 2.05) is 30.3 Å². The zero-order chi connectivity index (χ0) is 23.4. The summed E-state index contributed by atoms with van der Waals surface area (Å²) in [6, 6.07) is 19.8. The lowest BCUT2D eigenvalue weighted by Gasteiger charge is -2.10. The van der Waals surface area contributed by atoms with Gasteiger partial charge in [-0.2, -0.15) is 0 Å². The molecule has 0 aliphatic carbocycles. The Morgan fingerprint density at radius 2 is 1.82 bits per heavy atom. The number of benzene rings is 3. The molecule has 33 heavy (non-hydrogen) atoms. The van der Waals surface area contributed by atoms with Crippen LogP contribution in [0.5, 0.6) is 0 Å².